The number of hydrogen-bond acceptors (Lipinski definition) is 0. The monoisotopic (exact) mass is 465 g/mol. The van der Waals surface area contributed by atoms with Crippen LogP contribution in [0.3, 0.4) is 0 Å². The Morgan fingerprint density at radius 1 is 0.697 bits per heavy atom. The van der Waals surface area contributed by atoms with Crippen molar-refractivity contribution in [1.82, 2.24) is 0 Å². The Morgan fingerprint density at radius 3 is 1.82 bits per heavy atom. The zero-order valence-electron chi connectivity index (χ0n) is 25.6. The second-order valence-corrected chi connectivity index (χ2v) is 11.7. The highest BCUT2D eigenvalue weighted by Crippen LogP contribution is 2.63. The van der Waals surface area contributed by atoms with Crippen LogP contribution in [0.5, 0.6) is 0 Å². The topological polar surface area (TPSA) is 0 Å². The summed E-state index contributed by atoms with van der Waals surface area (Å²) in [6, 6.07) is 0. The SMILES string of the molecule is CC.CC.CC.CCCC1(C)C(CC)CCC2C3CCC(C(C)CCCC(C)C)C3CCC21. The molecule has 200 valence electrons. The van der Waals surface area contributed by atoms with Gasteiger partial charge in [0.1, 0.15) is 0 Å². The minimum atomic E-state index is 0.651. The Kier molecular flexibility index (Phi) is 17.4. The zero-order valence-corrected chi connectivity index (χ0v) is 25.6. The first kappa shape index (κ1) is 33.0. The van der Waals surface area contributed by atoms with E-state index in [0.717, 1.165) is 47.3 Å². The summed E-state index contributed by atoms with van der Waals surface area (Å²) < 4.78 is 0. The van der Waals surface area contributed by atoms with Gasteiger partial charge in [-0.3, -0.25) is 0 Å². The van der Waals surface area contributed by atoms with E-state index >= 15 is 0 Å². The van der Waals surface area contributed by atoms with Gasteiger partial charge in [0.15, 0.2) is 0 Å². The molecule has 0 radical (unpaired) electrons. The van der Waals surface area contributed by atoms with Gasteiger partial charge in [-0.25, -0.2) is 0 Å². The molecule has 3 rings (SSSR count). The summed E-state index contributed by atoms with van der Waals surface area (Å²) in [6.07, 6.45) is 18.1. The third kappa shape index (κ3) is 8.27. The molecule has 0 aromatic rings. The molecular formula is C33H68. The molecule has 3 aliphatic carbocycles. The summed E-state index contributed by atoms with van der Waals surface area (Å²) in [5.74, 6) is 8.23. The fraction of sp³-hybridized carbons (Fsp3) is 1.00. The predicted octanol–water partition coefficient (Wildman–Crippen LogP) is 11.8. The molecule has 0 heterocycles. The Hall–Kier alpha value is 0. The van der Waals surface area contributed by atoms with E-state index in [2.05, 4.69) is 41.5 Å². The van der Waals surface area contributed by atoms with Crippen LogP contribution < -0.4 is 0 Å². The normalized spacial score (nSPS) is 35.5. The molecule has 3 fully saturated rings. The fourth-order valence-corrected chi connectivity index (χ4v) is 8.60. The molecule has 0 N–H and O–H groups in total. The van der Waals surface area contributed by atoms with Gasteiger partial charge in [0.05, 0.1) is 0 Å². The van der Waals surface area contributed by atoms with Crippen LogP contribution in [0.25, 0.3) is 0 Å². The average molecular weight is 465 g/mol. The Balaban J connectivity index is 0.00000158. The van der Waals surface area contributed by atoms with Crippen LogP contribution in [-0.4, -0.2) is 0 Å². The van der Waals surface area contributed by atoms with Crippen molar-refractivity contribution in [3.05, 3.63) is 0 Å². The van der Waals surface area contributed by atoms with Crippen LogP contribution in [0, 0.1) is 52.8 Å². The molecule has 0 aromatic carbocycles. The van der Waals surface area contributed by atoms with Crippen LogP contribution in [0.1, 0.15) is 160 Å². The largest absolute Gasteiger partial charge is 0.0683 e. The zero-order chi connectivity index (χ0) is 25.6. The molecule has 8 atom stereocenters. The first-order chi connectivity index (χ1) is 15.9. The van der Waals surface area contributed by atoms with E-state index < -0.39 is 0 Å². The minimum absolute atomic E-state index is 0.651. The van der Waals surface area contributed by atoms with Crippen LogP contribution in [0.2, 0.25) is 0 Å². The molecule has 0 amide bonds. The number of fused-ring (bicyclic) bond motifs is 3. The summed E-state index contributed by atoms with van der Waals surface area (Å²) in [5, 5.41) is 0. The lowest BCUT2D eigenvalue weighted by atomic mass is 9.48. The summed E-state index contributed by atoms with van der Waals surface area (Å²) in [7, 11) is 0. The molecule has 0 saturated heterocycles. The van der Waals surface area contributed by atoms with E-state index in [0.29, 0.717) is 5.41 Å². The van der Waals surface area contributed by atoms with Gasteiger partial charge in [0, 0.05) is 0 Å². The van der Waals surface area contributed by atoms with Gasteiger partial charge in [-0.2, -0.15) is 0 Å². The smallest absolute Gasteiger partial charge is 0.0267 e. The van der Waals surface area contributed by atoms with E-state index in [1.54, 1.807) is 32.1 Å². The van der Waals surface area contributed by atoms with Crippen LogP contribution in [0.4, 0.5) is 0 Å². The van der Waals surface area contributed by atoms with Crippen molar-refractivity contribution in [2.45, 2.75) is 160 Å². The van der Waals surface area contributed by atoms with Crippen LogP contribution >= 0.6 is 0 Å². The molecule has 0 aromatic heterocycles. The summed E-state index contributed by atoms with van der Waals surface area (Å²) >= 11 is 0. The second-order valence-electron chi connectivity index (χ2n) is 11.7. The molecule has 0 spiro atoms. The maximum absolute atomic E-state index is 2.71. The molecule has 8 unspecified atom stereocenters. The van der Waals surface area contributed by atoms with Gasteiger partial charge < -0.3 is 0 Å². The van der Waals surface area contributed by atoms with E-state index in [4.69, 9.17) is 0 Å². The quantitative estimate of drug-likeness (QED) is 0.335. The van der Waals surface area contributed by atoms with Gasteiger partial charge in [-0.05, 0) is 97.7 Å². The third-order valence-electron chi connectivity index (χ3n) is 9.89. The van der Waals surface area contributed by atoms with Crippen LogP contribution in [-0.2, 0) is 0 Å². The molecule has 0 heteroatoms. The standard InChI is InChI=1S/C27H50.3C2H6/c1-7-18-27(6)21(8-2)12-13-25-24-15-14-22(23(24)16-17-26(25)27)20(5)11-9-10-19(3)4;3*1-2/h19-26H,7-18H2,1-6H3;3*1-2H3. The minimum Gasteiger partial charge on any atom is -0.0683 e. The average Bonchev–Trinajstić information content (AvgIpc) is 3.28. The van der Waals surface area contributed by atoms with Crippen LogP contribution in [0.15, 0.2) is 0 Å². The van der Waals surface area contributed by atoms with Crippen molar-refractivity contribution in [2.24, 2.45) is 52.8 Å². The van der Waals surface area contributed by atoms with Crippen molar-refractivity contribution in [3.63, 3.8) is 0 Å². The van der Waals surface area contributed by atoms with Crippen molar-refractivity contribution < 1.29 is 0 Å². The molecule has 3 aliphatic rings. The number of hydrogen-bond donors (Lipinski definition) is 0. The molecule has 0 aliphatic heterocycles. The maximum Gasteiger partial charge on any atom is -0.0267 e. The second kappa shape index (κ2) is 17.4. The van der Waals surface area contributed by atoms with Crippen molar-refractivity contribution in [3.8, 4) is 0 Å². The van der Waals surface area contributed by atoms with Gasteiger partial charge in [-0.1, -0.05) is 115 Å². The molecule has 0 nitrogen and oxygen atoms in total. The van der Waals surface area contributed by atoms with E-state index in [1.807, 2.05) is 41.5 Å². The predicted molar refractivity (Wildman–Crippen MR) is 154 cm³/mol. The van der Waals surface area contributed by atoms with Gasteiger partial charge in [0.25, 0.3) is 0 Å². The molecule has 0 bridgehead atoms. The Morgan fingerprint density at radius 2 is 1.27 bits per heavy atom. The highest BCUT2D eigenvalue weighted by molar-refractivity contribution is 5.04. The molecule has 33 heavy (non-hydrogen) atoms. The van der Waals surface area contributed by atoms with Crippen molar-refractivity contribution in [1.29, 1.82) is 0 Å². The summed E-state index contributed by atoms with van der Waals surface area (Å²) in [4.78, 5) is 0. The third-order valence-corrected chi connectivity index (χ3v) is 9.89. The maximum atomic E-state index is 2.71. The van der Waals surface area contributed by atoms with E-state index in [1.165, 1.54) is 44.9 Å². The lowest BCUT2D eigenvalue weighted by Crippen LogP contribution is -2.49. The van der Waals surface area contributed by atoms with Crippen molar-refractivity contribution in [2.75, 3.05) is 0 Å². The van der Waals surface area contributed by atoms with E-state index in [9.17, 15) is 0 Å². The summed E-state index contributed by atoms with van der Waals surface area (Å²) in [5.41, 5.74) is 0.651. The first-order valence-corrected chi connectivity index (χ1v) is 15.9. The van der Waals surface area contributed by atoms with E-state index in [-0.39, 0.29) is 0 Å². The highest BCUT2D eigenvalue weighted by atomic mass is 14.6. The Bertz CT molecular complexity index is 451. The lowest BCUT2D eigenvalue weighted by Gasteiger charge is -2.57. The first-order valence-electron chi connectivity index (χ1n) is 15.9. The highest BCUT2D eigenvalue weighted by Gasteiger charge is 2.54. The van der Waals surface area contributed by atoms with Gasteiger partial charge in [0.2, 0.25) is 0 Å². The summed E-state index contributed by atoms with van der Waals surface area (Å²) in [6.45, 7) is 27.0. The molecule has 3 saturated carbocycles. The Labute approximate surface area is 212 Å². The van der Waals surface area contributed by atoms with Gasteiger partial charge in [-0.15, -0.1) is 0 Å². The molecular weight excluding hydrogens is 396 g/mol. The van der Waals surface area contributed by atoms with Crippen molar-refractivity contribution >= 4 is 0 Å². The lowest BCUT2D eigenvalue weighted by molar-refractivity contribution is -0.0756. The fourth-order valence-electron chi connectivity index (χ4n) is 8.60. The number of rotatable bonds is 8. The van der Waals surface area contributed by atoms with Gasteiger partial charge >= 0.3 is 0 Å².